The molecule has 2 rings (SSSR count). The number of aromatic nitrogens is 1. The van der Waals surface area contributed by atoms with Crippen LogP contribution < -0.4 is 9.46 Å². The molecule has 0 aliphatic carbocycles. The molecular formula is C13H12BrFN2O3S. The molecule has 2 aromatic rings. The highest BCUT2D eigenvalue weighted by Crippen LogP contribution is 2.22. The fourth-order valence-corrected chi connectivity index (χ4v) is 3.65. The normalized spacial score (nSPS) is 11.4. The molecule has 0 spiro atoms. The van der Waals surface area contributed by atoms with Crippen LogP contribution >= 0.6 is 15.9 Å². The topological polar surface area (TPSA) is 68.3 Å². The summed E-state index contributed by atoms with van der Waals surface area (Å²) < 4.78 is 44.8. The van der Waals surface area contributed by atoms with E-state index in [2.05, 4.69) is 25.6 Å². The second-order valence-electron chi connectivity index (χ2n) is 4.11. The van der Waals surface area contributed by atoms with Gasteiger partial charge in [0.05, 0.1) is 12.0 Å². The first-order chi connectivity index (χ1) is 9.92. The first-order valence-corrected chi connectivity index (χ1v) is 8.13. The maximum absolute atomic E-state index is 13.0. The Balaban J connectivity index is 2.13. The number of ether oxygens (including phenoxy) is 1. The Kier molecular flexibility index (Phi) is 4.92. The maximum atomic E-state index is 13.0. The summed E-state index contributed by atoms with van der Waals surface area (Å²) in [5, 5.41) is 0. The summed E-state index contributed by atoms with van der Waals surface area (Å²) in [7, 11) is -2.25. The van der Waals surface area contributed by atoms with Crippen LogP contribution in [-0.2, 0) is 16.6 Å². The lowest BCUT2D eigenvalue weighted by molar-refractivity contribution is 0.397. The highest BCUT2D eigenvalue weighted by Gasteiger charge is 2.17. The summed E-state index contributed by atoms with van der Waals surface area (Å²) in [6, 6.07) is 6.73. The fourth-order valence-electron chi connectivity index (χ4n) is 1.59. The molecule has 1 aromatic heterocycles. The van der Waals surface area contributed by atoms with E-state index in [1.54, 1.807) is 12.1 Å². The van der Waals surface area contributed by atoms with Gasteiger partial charge in [-0.15, -0.1) is 0 Å². The van der Waals surface area contributed by atoms with Crippen molar-refractivity contribution in [2.75, 3.05) is 7.11 Å². The molecule has 1 heterocycles. The molecular weight excluding hydrogens is 363 g/mol. The summed E-state index contributed by atoms with van der Waals surface area (Å²) in [6.07, 6.45) is 1.51. The van der Waals surface area contributed by atoms with Crippen molar-refractivity contribution < 1.29 is 17.5 Å². The predicted molar refractivity (Wildman–Crippen MR) is 78.9 cm³/mol. The monoisotopic (exact) mass is 374 g/mol. The Morgan fingerprint density at radius 1 is 1.33 bits per heavy atom. The van der Waals surface area contributed by atoms with Gasteiger partial charge in [0, 0.05) is 23.3 Å². The van der Waals surface area contributed by atoms with Gasteiger partial charge in [-0.2, -0.15) is 0 Å². The van der Waals surface area contributed by atoms with Crippen LogP contribution in [-0.4, -0.2) is 20.5 Å². The molecule has 5 nitrogen and oxygen atoms in total. The Hall–Kier alpha value is -1.51. The second kappa shape index (κ2) is 6.50. The maximum Gasteiger partial charge on any atom is 0.241 e. The van der Waals surface area contributed by atoms with Gasteiger partial charge in [0.1, 0.15) is 5.82 Å². The molecule has 0 atom stereocenters. The number of methoxy groups -OCH3 is 1. The Morgan fingerprint density at radius 3 is 2.67 bits per heavy atom. The number of hydrogen-bond acceptors (Lipinski definition) is 4. The molecule has 1 N–H and O–H groups in total. The number of sulfonamides is 1. The lowest BCUT2D eigenvalue weighted by Crippen LogP contribution is -2.23. The number of hydrogen-bond donors (Lipinski definition) is 1. The van der Waals surface area contributed by atoms with Crippen molar-refractivity contribution in [3.63, 3.8) is 0 Å². The van der Waals surface area contributed by atoms with Crippen LogP contribution in [0.3, 0.4) is 0 Å². The summed E-state index contributed by atoms with van der Waals surface area (Å²) >= 11 is 3.04. The fraction of sp³-hybridized carbons (Fsp3) is 0.154. The third kappa shape index (κ3) is 3.99. The Bertz CT molecular complexity index is 736. The van der Waals surface area contributed by atoms with E-state index in [0.29, 0.717) is 11.4 Å². The van der Waals surface area contributed by atoms with Gasteiger partial charge in [0.25, 0.3) is 0 Å². The number of benzene rings is 1. The van der Waals surface area contributed by atoms with Crippen molar-refractivity contribution in [1.82, 2.24) is 9.71 Å². The third-order valence-electron chi connectivity index (χ3n) is 2.66. The summed E-state index contributed by atoms with van der Waals surface area (Å²) in [4.78, 5) is 3.96. The van der Waals surface area contributed by atoms with Crippen LogP contribution in [0.5, 0.6) is 5.88 Å². The van der Waals surface area contributed by atoms with E-state index in [1.807, 2.05) is 0 Å². The highest BCUT2D eigenvalue weighted by molar-refractivity contribution is 9.10. The molecule has 8 heteroatoms. The molecule has 0 fully saturated rings. The van der Waals surface area contributed by atoms with Crippen LogP contribution in [0.4, 0.5) is 4.39 Å². The van der Waals surface area contributed by atoms with Crippen molar-refractivity contribution in [3.05, 3.63) is 52.4 Å². The molecule has 0 bridgehead atoms. The van der Waals surface area contributed by atoms with Crippen LogP contribution in [0.1, 0.15) is 5.56 Å². The Labute approximate surface area is 130 Å². The number of halogens is 2. The minimum Gasteiger partial charge on any atom is -0.481 e. The van der Waals surface area contributed by atoms with Crippen molar-refractivity contribution in [3.8, 4) is 5.88 Å². The molecule has 0 aliphatic heterocycles. The molecule has 0 saturated carbocycles. The largest absolute Gasteiger partial charge is 0.481 e. The van der Waals surface area contributed by atoms with Crippen LogP contribution in [0, 0.1) is 5.82 Å². The van der Waals surface area contributed by atoms with E-state index in [0.717, 1.165) is 12.1 Å². The van der Waals surface area contributed by atoms with Gasteiger partial charge in [-0.3, -0.25) is 0 Å². The molecule has 112 valence electrons. The van der Waals surface area contributed by atoms with Gasteiger partial charge in [-0.1, -0.05) is 6.07 Å². The van der Waals surface area contributed by atoms with Crippen LogP contribution in [0.15, 0.2) is 45.9 Å². The summed E-state index contributed by atoms with van der Waals surface area (Å²) in [5.74, 6) is -0.0666. The van der Waals surface area contributed by atoms with Gasteiger partial charge in [-0.25, -0.2) is 22.5 Å². The van der Waals surface area contributed by atoms with Crippen molar-refractivity contribution >= 4 is 26.0 Å². The van der Waals surface area contributed by atoms with E-state index in [-0.39, 0.29) is 15.9 Å². The zero-order valence-electron chi connectivity index (χ0n) is 11.0. The van der Waals surface area contributed by atoms with Gasteiger partial charge < -0.3 is 4.74 Å². The van der Waals surface area contributed by atoms with Crippen molar-refractivity contribution in [1.29, 1.82) is 0 Å². The number of nitrogens with zero attached hydrogens (tertiary/aromatic N) is 1. The molecule has 0 amide bonds. The predicted octanol–water partition coefficient (Wildman–Crippen LogP) is 2.47. The highest BCUT2D eigenvalue weighted by atomic mass is 79.9. The quantitative estimate of drug-likeness (QED) is 0.872. The van der Waals surface area contributed by atoms with Crippen LogP contribution in [0.2, 0.25) is 0 Å². The number of rotatable bonds is 5. The average Bonchev–Trinajstić information content (AvgIpc) is 2.45. The zero-order chi connectivity index (χ0) is 15.5. The van der Waals surface area contributed by atoms with E-state index in [9.17, 15) is 12.8 Å². The van der Waals surface area contributed by atoms with E-state index < -0.39 is 15.8 Å². The molecule has 0 saturated heterocycles. The van der Waals surface area contributed by atoms with E-state index in [4.69, 9.17) is 4.74 Å². The summed E-state index contributed by atoms with van der Waals surface area (Å²) in [5.41, 5.74) is 0.678. The molecule has 1 aromatic carbocycles. The van der Waals surface area contributed by atoms with Crippen molar-refractivity contribution in [2.45, 2.75) is 11.4 Å². The van der Waals surface area contributed by atoms with E-state index >= 15 is 0 Å². The van der Waals surface area contributed by atoms with Gasteiger partial charge in [-0.05, 0) is 39.7 Å². The smallest absolute Gasteiger partial charge is 0.241 e. The minimum atomic E-state index is -3.74. The number of pyridine rings is 1. The minimum absolute atomic E-state index is 0.0228. The second-order valence-corrected chi connectivity index (χ2v) is 6.70. The molecule has 0 radical (unpaired) electrons. The zero-order valence-corrected chi connectivity index (χ0v) is 13.4. The van der Waals surface area contributed by atoms with Gasteiger partial charge >= 0.3 is 0 Å². The number of nitrogens with one attached hydrogen (secondary N) is 1. The Morgan fingerprint density at radius 2 is 2.10 bits per heavy atom. The van der Waals surface area contributed by atoms with Gasteiger partial charge in [0.15, 0.2) is 0 Å². The lowest BCUT2D eigenvalue weighted by Gasteiger charge is -2.09. The lowest BCUT2D eigenvalue weighted by atomic mass is 10.3. The van der Waals surface area contributed by atoms with Gasteiger partial charge in [0.2, 0.25) is 15.9 Å². The first kappa shape index (κ1) is 15.9. The van der Waals surface area contributed by atoms with E-state index in [1.165, 1.54) is 19.4 Å². The summed E-state index contributed by atoms with van der Waals surface area (Å²) in [6.45, 7) is 0.0726. The molecule has 21 heavy (non-hydrogen) atoms. The first-order valence-electron chi connectivity index (χ1n) is 5.86. The molecule has 0 aliphatic rings. The third-order valence-corrected chi connectivity index (χ3v) is 5.03. The SMILES string of the molecule is COc1ccc(CNS(=O)(=O)c2ccc(F)cc2Br)cn1. The average molecular weight is 375 g/mol. The van der Waals surface area contributed by atoms with Crippen LogP contribution in [0.25, 0.3) is 0 Å². The van der Waals surface area contributed by atoms with Crippen molar-refractivity contribution in [2.24, 2.45) is 0 Å². The molecule has 0 unspecified atom stereocenters. The standard InChI is InChI=1S/C13H12BrFN2O3S/c1-20-13-5-2-9(7-16-13)8-17-21(18,19)12-4-3-10(15)6-11(12)14/h2-7,17H,8H2,1H3.